The third-order valence-electron chi connectivity index (χ3n) is 5.38. The molecule has 8 nitrogen and oxygen atoms in total. The van der Waals surface area contributed by atoms with Crippen LogP contribution in [0, 0.1) is 0 Å². The lowest BCUT2D eigenvalue weighted by molar-refractivity contribution is -0.132. The maximum absolute atomic E-state index is 12.8. The van der Waals surface area contributed by atoms with Crippen molar-refractivity contribution in [1.82, 2.24) is 24.8 Å². The van der Waals surface area contributed by atoms with E-state index in [1.54, 1.807) is 4.68 Å². The van der Waals surface area contributed by atoms with Gasteiger partial charge in [0, 0.05) is 31.7 Å². The Kier molecular flexibility index (Phi) is 5.47. The van der Waals surface area contributed by atoms with Crippen LogP contribution in [0.25, 0.3) is 0 Å². The second-order valence-corrected chi connectivity index (χ2v) is 7.47. The Morgan fingerprint density at radius 2 is 2.11 bits per heavy atom. The minimum absolute atomic E-state index is 0.0254. The molecular formula is C20H27N5O3. The molecule has 0 bridgehead atoms. The van der Waals surface area contributed by atoms with Crippen LogP contribution >= 0.6 is 0 Å². The molecule has 1 atom stereocenters. The smallest absolute Gasteiger partial charge is 0.244 e. The Bertz CT molecular complexity index is 837. The Labute approximate surface area is 165 Å². The lowest BCUT2D eigenvalue weighted by Gasteiger charge is -2.23. The molecule has 1 fully saturated rings. The molecule has 0 N–H and O–H groups in total. The van der Waals surface area contributed by atoms with Gasteiger partial charge in [0.2, 0.25) is 5.91 Å². The van der Waals surface area contributed by atoms with Crippen molar-refractivity contribution in [3.05, 3.63) is 35.7 Å². The highest BCUT2D eigenvalue weighted by Gasteiger charge is 2.24. The third-order valence-corrected chi connectivity index (χ3v) is 5.38. The standard InChI is InChI=1S/C20H27N5O3/c1-3-24(11-15-4-5-18-19(10-15)28-9-8-27-18)20(26)14-25-13-17(21-22-25)16-6-7-23(2)12-16/h4-5,10,13,16H,3,6-9,11-12,14H2,1-2H3. The maximum atomic E-state index is 12.8. The van der Waals surface area contributed by atoms with Crippen molar-refractivity contribution >= 4 is 5.91 Å². The quantitative estimate of drug-likeness (QED) is 0.751. The van der Waals surface area contributed by atoms with E-state index in [0.29, 0.717) is 32.2 Å². The number of amides is 1. The Morgan fingerprint density at radius 1 is 1.29 bits per heavy atom. The van der Waals surface area contributed by atoms with Crippen LogP contribution in [-0.2, 0) is 17.9 Å². The van der Waals surface area contributed by atoms with Crippen LogP contribution in [0.1, 0.15) is 30.5 Å². The predicted molar refractivity (Wildman–Crippen MR) is 103 cm³/mol. The molecule has 0 radical (unpaired) electrons. The minimum atomic E-state index is 0.0254. The highest BCUT2D eigenvalue weighted by molar-refractivity contribution is 5.75. The van der Waals surface area contributed by atoms with Gasteiger partial charge < -0.3 is 19.3 Å². The molecule has 4 rings (SSSR count). The van der Waals surface area contributed by atoms with Crippen molar-refractivity contribution in [2.24, 2.45) is 0 Å². The number of fused-ring (bicyclic) bond motifs is 1. The summed E-state index contributed by atoms with van der Waals surface area (Å²) in [6.07, 6.45) is 3.01. The zero-order valence-corrected chi connectivity index (χ0v) is 16.5. The first kappa shape index (κ1) is 18.7. The van der Waals surface area contributed by atoms with Crippen molar-refractivity contribution in [3.8, 4) is 11.5 Å². The van der Waals surface area contributed by atoms with Gasteiger partial charge in [-0.05, 0) is 44.6 Å². The number of likely N-dealkylation sites (N-methyl/N-ethyl adjacent to an activating group) is 2. The minimum Gasteiger partial charge on any atom is -0.486 e. The van der Waals surface area contributed by atoms with Gasteiger partial charge in [0.25, 0.3) is 0 Å². The first-order chi connectivity index (χ1) is 13.6. The van der Waals surface area contributed by atoms with Gasteiger partial charge in [-0.3, -0.25) is 4.79 Å². The molecule has 1 aromatic heterocycles. The monoisotopic (exact) mass is 385 g/mol. The molecule has 1 aromatic carbocycles. The van der Waals surface area contributed by atoms with Crippen LogP contribution in [0.3, 0.4) is 0 Å². The molecule has 28 heavy (non-hydrogen) atoms. The first-order valence-corrected chi connectivity index (χ1v) is 9.87. The molecule has 1 saturated heterocycles. The van der Waals surface area contributed by atoms with E-state index in [0.717, 1.165) is 42.3 Å². The lowest BCUT2D eigenvalue weighted by atomic mass is 10.1. The summed E-state index contributed by atoms with van der Waals surface area (Å²) < 4.78 is 12.9. The van der Waals surface area contributed by atoms with Crippen LogP contribution in [0.4, 0.5) is 0 Å². The normalized spacial score (nSPS) is 19.0. The SMILES string of the molecule is CCN(Cc1ccc2c(c1)OCCO2)C(=O)Cn1cc(C2CCN(C)C2)nn1. The highest BCUT2D eigenvalue weighted by atomic mass is 16.6. The van der Waals surface area contributed by atoms with E-state index in [-0.39, 0.29) is 12.5 Å². The number of likely N-dealkylation sites (tertiary alicyclic amines) is 1. The second kappa shape index (κ2) is 8.18. The average molecular weight is 385 g/mol. The van der Waals surface area contributed by atoms with Gasteiger partial charge in [-0.25, -0.2) is 4.68 Å². The summed E-state index contributed by atoms with van der Waals surface area (Å²) in [6.45, 7) is 6.54. The fourth-order valence-electron chi connectivity index (χ4n) is 3.78. The summed E-state index contributed by atoms with van der Waals surface area (Å²) in [7, 11) is 2.12. The Hall–Kier alpha value is -2.61. The van der Waals surface area contributed by atoms with Crippen molar-refractivity contribution < 1.29 is 14.3 Å². The van der Waals surface area contributed by atoms with Crippen LogP contribution in [0.2, 0.25) is 0 Å². The number of ether oxygens (including phenoxy) is 2. The van der Waals surface area contributed by atoms with Crippen LogP contribution < -0.4 is 9.47 Å². The van der Waals surface area contributed by atoms with Gasteiger partial charge in [-0.2, -0.15) is 0 Å². The number of nitrogens with zero attached hydrogens (tertiary/aromatic N) is 5. The van der Waals surface area contributed by atoms with Crippen molar-refractivity contribution in [1.29, 1.82) is 0 Å². The van der Waals surface area contributed by atoms with E-state index in [1.807, 2.05) is 36.2 Å². The molecule has 2 aliphatic heterocycles. The van der Waals surface area contributed by atoms with Gasteiger partial charge in [-0.15, -0.1) is 5.10 Å². The molecule has 1 amide bonds. The number of benzene rings is 1. The molecule has 3 heterocycles. The molecule has 0 aliphatic carbocycles. The van der Waals surface area contributed by atoms with E-state index in [1.165, 1.54) is 0 Å². The summed E-state index contributed by atoms with van der Waals surface area (Å²) in [5.41, 5.74) is 2.00. The van der Waals surface area contributed by atoms with E-state index >= 15 is 0 Å². The Balaban J connectivity index is 1.38. The molecule has 1 unspecified atom stereocenters. The summed E-state index contributed by atoms with van der Waals surface area (Å²) in [5.74, 6) is 1.94. The molecular weight excluding hydrogens is 358 g/mol. The van der Waals surface area contributed by atoms with E-state index in [4.69, 9.17) is 9.47 Å². The fraction of sp³-hybridized carbons (Fsp3) is 0.550. The zero-order valence-electron chi connectivity index (χ0n) is 16.5. The van der Waals surface area contributed by atoms with Crippen LogP contribution in [0.15, 0.2) is 24.4 Å². The van der Waals surface area contributed by atoms with Crippen molar-refractivity contribution in [2.75, 3.05) is 39.9 Å². The molecule has 150 valence electrons. The summed E-state index contributed by atoms with van der Waals surface area (Å²) in [5, 5.41) is 8.46. The van der Waals surface area contributed by atoms with E-state index < -0.39 is 0 Å². The summed E-state index contributed by atoms with van der Waals surface area (Å²) >= 11 is 0. The second-order valence-electron chi connectivity index (χ2n) is 7.47. The van der Waals surface area contributed by atoms with Gasteiger partial charge in [0.15, 0.2) is 11.5 Å². The summed E-state index contributed by atoms with van der Waals surface area (Å²) in [4.78, 5) is 16.9. The third kappa shape index (κ3) is 4.11. The molecule has 0 spiro atoms. The van der Waals surface area contributed by atoms with Crippen molar-refractivity contribution in [2.45, 2.75) is 32.4 Å². The van der Waals surface area contributed by atoms with Crippen molar-refractivity contribution in [3.63, 3.8) is 0 Å². The number of hydrogen-bond donors (Lipinski definition) is 0. The fourth-order valence-corrected chi connectivity index (χ4v) is 3.78. The number of aromatic nitrogens is 3. The van der Waals surface area contributed by atoms with Gasteiger partial charge >= 0.3 is 0 Å². The van der Waals surface area contributed by atoms with Gasteiger partial charge in [-0.1, -0.05) is 11.3 Å². The average Bonchev–Trinajstić information content (AvgIpc) is 3.34. The molecule has 2 aliphatic rings. The number of hydrogen-bond acceptors (Lipinski definition) is 6. The number of carbonyl (C=O) groups excluding carboxylic acids is 1. The van der Waals surface area contributed by atoms with Crippen LogP contribution in [0.5, 0.6) is 11.5 Å². The first-order valence-electron chi connectivity index (χ1n) is 9.87. The number of carbonyl (C=O) groups is 1. The maximum Gasteiger partial charge on any atom is 0.244 e. The van der Waals surface area contributed by atoms with Gasteiger partial charge in [0.05, 0.1) is 5.69 Å². The zero-order chi connectivity index (χ0) is 19.5. The van der Waals surface area contributed by atoms with E-state index in [2.05, 4.69) is 22.3 Å². The van der Waals surface area contributed by atoms with E-state index in [9.17, 15) is 4.79 Å². The van der Waals surface area contributed by atoms with Gasteiger partial charge in [0.1, 0.15) is 19.8 Å². The van der Waals surface area contributed by atoms with Crippen LogP contribution in [-0.4, -0.2) is 70.6 Å². The lowest BCUT2D eigenvalue weighted by Crippen LogP contribution is -2.33. The largest absolute Gasteiger partial charge is 0.486 e. The number of rotatable bonds is 6. The molecule has 0 saturated carbocycles. The topological polar surface area (TPSA) is 72.7 Å². The summed E-state index contributed by atoms with van der Waals surface area (Å²) in [6, 6.07) is 5.84. The highest BCUT2D eigenvalue weighted by Crippen LogP contribution is 2.31. The molecule has 2 aromatic rings. The predicted octanol–water partition coefficient (Wildman–Crippen LogP) is 1.52. The molecule has 8 heteroatoms. The Morgan fingerprint density at radius 3 is 2.86 bits per heavy atom.